The van der Waals surface area contributed by atoms with E-state index in [1.54, 1.807) is 10.9 Å². The van der Waals surface area contributed by atoms with Crippen molar-refractivity contribution in [3.8, 4) is 0 Å². The second kappa shape index (κ2) is 4.16. The van der Waals surface area contributed by atoms with Gasteiger partial charge in [0.25, 0.3) is 5.52 Å². The lowest BCUT2D eigenvalue weighted by atomic mass is 10.1. The third-order valence-corrected chi connectivity index (χ3v) is 3.05. The van der Waals surface area contributed by atoms with Gasteiger partial charge >= 0.3 is 0 Å². The van der Waals surface area contributed by atoms with Gasteiger partial charge in [-0.15, -0.1) is 4.89 Å². The molecule has 3 nitrogen and oxygen atoms in total. The third kappa shape index (κ3) is 1.96. The molecule has 0 aliphatic carbocycles. The quantitative estimate of drug-likeness (QED) is 0.473. The molecule has 1 aromatic carbocycles. The van der Waals surface area contributed by atoms with Gasteiger partial charge in [0.1, 0.15) is 0 Å². The fourth-order valence-electron chi connectivity index (χ4n) is 1.47. The molecule has 0 saturated heterocycles. The van der Waals surface area contributed by atoms with Gasteiger partial charge in [0.2, 0.25) is 6.20 Å². The Hall–Kier alpha value is -1.13. The minimum Gasteiger partial charge on any atom is -0.132 e. The molecular formula is C11H11BrNO2+. The van der Waals surface area contributed by atoms with Gasteiger partial charge in [-0.2, -0.15) is 0 Å². The van der Waals surface area contributed by atoms with Crippen molar-refractivity contribution in [1.82, 2.24) is 0 Å². The van der Waals surface area contributed by atoms with Crippen molar-refractivity contribution in [2.45, 2.75) is 6.92 Å². The average molecular weight is 269 g/mol. The molecule has 0 bridgehead atoms. The molecule has 2 aromatic rings. The molecule has 0 radical (unpaired) electrons. The zero-order valence-electron chi connectivity index (χ0n) is 8.53. The molecule has 0 unspecified atom stereocenters. The number of aryl methyl sites for hydroxylation is 1. The van der Waals surface area contributed by atoms with Crippen LogP contribution in [-0.4, -0.2) is 7.11 Å². The Bertz CT molecular complexity index is 499. The summed E-state index contributed by atoms with van der Waals surface area (Å²) in [5, 5.41) is 1.11. The minimum absolute atomic E-state index is 0.955. The first kappa shape index (κ1) is 10.4. The van der Waals surface area contributed by atoms with Crippen LogP contribution in [0.2, 0.25) is 0 Å². The smallest absolute Gasteiger partial charge is 0.132 e. The van der Waals surface area contributed by atoms with E-state index < -0.39 is 0 Å². The molecule has 2 rings (SSSR count). The Labute approximate surface area is 96.3 Å². The van der Waals surface area contributed by atoms with E-state index in [0.29, 0.717) is 0 Å². The number of nitrogens with zero attached hydrogens (tertiary/aromatic N) is 1. The lowest BCUT2D eigenvalue weighted by Gasteiger charge is -2.00. The molecule has 0 N–H and O–H groups in total. The van der Waals surface area contributed by atoms with Crippen LogP contribution in [0.1, 0.15) is 5.56 Å². The minimum atomic E-state index is 0.955. The zero-order valence-corrected chi connectivity index (χ0v) is 10.1. The van der Waals surface area contributed by atoms with E-state index in [0.717, 1.165) is 15.4 Å². The normalized spacial score (nSPS) is 10.6. The first-order valence-electron chi connectivity index (χ1n) is 4.54. The van der Waals surface area contributed by atoms with Crippen LogP contribution in [0.5, 0.6) is 0 Å². The summed E-state index contributed by atoms with van der Waals surface area (Å²) in [6.07, 6.45) is 1.80. The van der Waals surface area contributed by atoms with Crippen LogP contribution in [0.25, 0.3) is 10.9 Å². The number of hydrogen-bond donors (Lipinski definition) is 0. The van der Waals surface area contributed by atoms with Crippen molar-refractivity contribution in [3.05, 3.63) is 40.5 Å². The van der Waals surface area contributed by atoms with Gasteiger partial charge in [-0.25, -0.2) is 0 Å². The fraction of sp³-hybridized carbons (Fsp3) is 0.182. The average Bonchev–Trinajstić information content (AvgIpc) is 2.21. The van der Waals surface area contributed by atoms with Gasteiger partial charge in [0.15, 0.2) is 0 Å². The van der Waals surface area contributed by atoms with Gasteiger partial charge in [-0.3, -0.25) is 0 Å². The summed E-state index contributed by atoms with van der Waals surface area (Å²) in [4.78, 5) is 9.66. The second-order valence-electron chi connectivity index (χ2n) is 3.24. The molecule has 0 saturated carbocycles. The summed E-state index contributed by atoms with van der Waals surface area (Å²) >= 11 is 3.49. The number of fused-ring (bicyclic) bond motifs is 1. The lowest BCUT2D eigenvalue weighted by Crippen LogP contribution is -2.42. The van der Waals surface area contributed by atoms with Gasteiger partial charge in [-0.1, -0.05) is 20.9 Å². The standard InChI is InChI=1S/C11H11BrNO2/c1-8-6-9-4-3-5-13(15-14-2)11(9)7-10(8)12/h3-7H,1-2H3/q+1. The van der Waals surface area contributed by atoms with Gasteiger partial charge in [0.05, 0.1) is 17.2 Å². The number of halogens is 1. The topological polar surface area (TPSA) is 22.3 Å². The van der Waals surface area contributed by atoms with Crippen molar-refractivity contribution in [1.29, 1.82) is 0 Å². The Balaban J connectivity index is 2.68. The molecule has 0 spiro atoms. The van der Waals surface area contributed by atoms with E-state index in [4.69, 9.17) is 4.99 Å². The largest absolute Gasteiger partial charge is 0.269 e. The zero-order chi connectivity index (χ0) is 10.8. The monoisotopic (exact) mass is 268 g/mol. The van der Waals surface area contributed by atoms with Crippen LogP contribution in [-0.2, 0) is 4.89 Å². The van der Waals surface area contributed by atoms with Crippen LogP contribution in [0, 0.1) is 6.92 Å². The Kier molecular flexibility index (Phi) is 2.88. The second-order valence-corrected chi connectivity index (χ2v) is 4.09. The highest BCUT2D eigenvalue weighted by atomic mass is 79.9. The summed E-state index contributed by atoms with van der Waals surface area (Å²) in [5.74, 6) is 0. The predicted octanol–water partition coefficient (Wildman–Crippen LogP) is 2.19. The Morgan fingerprint density at radius 2 is 2.13 bits per heavy atom. The highest BCUT2D eigenvalue weighted by molar-refractivity contribution is 9.10. The molecule has 1 heterocycles. The van der Waals surface area contributed by atoms with E-state index in [1.807, 2.05) is 18.2 Å². The van der Waals surface area contributed by atoms with Crippen molar-refractivity contribution in [2.24, 2.45) is 0 Å². The number of hydrogen-bond acceptors (Lipinski definition) is 2. The Morgan fingerprint density at radius 1 is 1.33 bits per heavy atom. The van der Waals surface area contributed by atoms with Gasteiger partial charge in [-0.05, 0) is 24.6 Å². The highest BCUT2D eigenvalue weighted by Crippen LogP contribution is 2.21. The van der Waals surface area contributed by atoms with Crippen LogP contribution < -0.4 is 9.72 Å². The van der Waals surface area contributed by atoms with E-state index in [-0.39, 0.29) is 0 Å². The summed E-state index contributed by atoms with van der Waals surface area (Å²) in [6.45, 7) is 2.05. The van der Waals surface area contributed by atoms with Gasteiger partial charge in [0, 0.05) is 16.6 Å². The van der Waals surface area contributed by atoms with Crippen LogP contribution in [0.3, 0.4) is 0 Å². The van der Waals surface area contributed by atoms with Crippen LogP contribution in [0.4, 0.5) is 0 Å². The van der Waals surface area contributed by atoms with Crippen molar-refractivity contribution >= 4 is 26.8 Å². The summed E-state index contributed by atoms with van der Waals surface area (Å²) in [5.41, 5.74) is 2.15. The number of pyridine rings is 1. The Morgan fingerprint density at radius 3 is 2.87 bits per heavy atom. The molecule has 15 heavy (non-hydrogen) atoms. The maximum absolute atomic E-state index is 5.01. The maximum Gasteiger partial charge on any atom is 0.269 e. The van der Waals surface area contributed by atoms with Crippen molar-refractivity contribution in [3.63, 3.8) is 0 Å². The molecule has 4 heteroatoms. The number of benzene rings is 1. The molecule has 0 fully saturated rings. The van der Waals surface area contributed by atoms with Crippen LogP contribution in [0.15, 0.2) is 34.9 Å². The highest BCUT2D eigenvalue weighted by Gasteiger charge is 2.12. The van der Waals surface area contributed by atoms with Crippen molar-refractivity contribution in [2.75, 3.05) is 7.11 Å². The lowest BCUT2D eigenvalue weighted by molar-refractivity contribution is -0.939. The van der Waals surface area contributed by atoms with E-state index in [2.05, 4.69) is 33.8 Å². The van der Waals surface area contributed by atoms with Crippen LogP contribution >= 0.6 is 15.9 Å². The molecule has 0 amide bonds. The molecule has 0 aliphatic heterocycles. The molecule has 0 aliphatic rings. The molecule has 78 valence electrons. The fourth-order valence-corrected chi connectivity index (χ4v) is 1.80. The predicted molar refractivity (Wildman–Crippen MR) is 60.2 cm³/mol. The molecule has 0 atom stereocenters. The van der Waals surface area contributed by atoms with E-state index >= 15 is 0 Å². The molecule has 1 aromatic heterocycles. The number of rotatable bonds is 2. The SMILES string of the molecule is COO[n+]1cccc2cc(C)c(Br)cc21. The number of aromatic nitrogens is 1. The van der Waals surface area contributed by atoms with Crippen molar-refractivity contribution < 1.29 is 14.6 Å². The first-order valence-corrected chi connectivity index (χ1v) is 5.33. The van der Waals surface area contributed by atoms with E-state index in [1.165, 1.54) is 12.7 Å². The first-order chi connectivity index (χ1) is 7.22. The maximum atomic E-state index is 5.01. The summed E-state index contributed by atoms with van der Waals surface area (Å²) in [6, 6.07) is 8.04. The van der Waals surface area contributed by atoms with Gasteiger partial charge < -0.3 is 0 Å². The third-order valence-electron chi connectivity index (χ3n) is 2.20. The van der Waals surface area contributed by atoms with E-state index in [9.17, 15) is 0 Å². The summed E-state index contributed by atoms with van der Waals surface area (Å²) < 4.78 is 2.63. The molecular weight excluding hydrogens is 258 g/mol. The summed E-state index contributed by atoms with van der Waals surface area (Å²) in [7, 11) is 1.48.